The van der Waals surface area contributed by atoms with Crippen molar-refractivity contribution in [2.24, 2.45) is 0 Å². The topological polar surface area (TPSA) is 82.3 Å². The number of rotatable bonds is 4. The van der Waals surface area contributed by atoms with E-state index < -0.39 is 5.97 Å². The summed E-state index contributed by atoms with van der Waals surface area (Å²) in [5.41, 5.74) is 1.22. The van der Waals surface area contributed by atoms with Crippen LogP contribution in [0.4, 0.5) is 0 Å². The van der Waals surface area contributed by atoms with Crippen molar-refractivity contribution in [1.29, 1.82) is 0 Å². The van der Waals surface area contributed by atoms with Crippen LogP contribution >= 0.6 is 0 Å². The lowest BCUT2D eigenvalue weighted by molar-refractivity contribution is 0.0508. The molecule has 19 heavy (non-hydrogen) atoms. The maximum Gasteiger partial charge on any atom is 0.379 e. The second-order valence-corrected chi connectivity index (χ2v) is 3.78. The number of ether oxygens (including phenoxy) is 1. The van der Waals surface area contributed by atoms with Gasteiger partial charge in [0.2, 0.25) is 0 Å². The molecule has 6 heteroatoms. The molecule has 0 unspecified atom stereocenters. The number of esters is 1. The molecule has 98 valence electrons. The highest BCUT2D eigenvalue weighted by Gasteiger charge is 2.16. The van der Waals surface area contributed by atoms with E-state index in [1.165, 1.54) is 6.92 Å². The van der Waals surface area contributed by atoms with Crippen LogP contribution in [0.1, 0.15) is 34.8 Å². The lowest BCUT2D eigenvalue weighted by atomic mass is 10.1. The molecule has 0 spiro atoms. The van der Waals surface area contributed by atoms with E-state index in [0.29, 0.717) is 11.1 Å². The molecule has 0 radical (unpaired) electrons. The van der Waals surface area contributed by atoms with E-state index in [9.17, 15) is 9.59 Å². The maximum atomic E-state index is 11.4. The Morgan fingerprint density at radius 1 is 1.26 bits per heavy atom. The number of aromatic nitrogens is 2. The number of carbonyl (C=O) groups excluding carboxylic acids is 2. The van der Waals surface area contributed by atoms with Gasteiger partial charge in [-0.2, -0.15) is 4.98 Å². The van der Waals surface area contributed by atoms with E-state index in [4.69, 9.17) is 9.26 Å². The summed E-state index contributed by atoms with van der Waals surface area (Å²) in [7, 11) is 0. The fourth-order valence-electron chi connectivity index (χ4n) is 1.47. The third-order valence-corrected chi connectivity index (χ3v) is 2.42. The smallest absolute Gasteiger partial charge is 0.379 e. The van der Waals surface area contributed by atoms with E-state index in [2.05, 4.69) is 10.1 Å². The molecule has 0 saturated carbocycles. The van der Waals surface area contributed by atoms with Crippen LogP contribution in [0.25, 0.3) is 11.5 Å². The van der Waals surface area contributed by atoms with Crippen LogP contribution in [-0.2, 0) is 4.74 Å². The Bertz CT molecular complexity index is 601. The molecule has 1 aromatic heterocycles. The van der Waals surface area contributed by atoms with Crippen molar-refractivity contribution in [2.45, 2.75) is 13.8 Å². The number of carbonyl (C=O) groups is 2. The van der Waals surface area contributed by atoms with Crippen LogP contribution in [0.5, 0.6) is 0 Å². The van der Waals surface area contributed by atoms with Gasteiger partial charge in [-0.25, -0.2) is 4.79 Å². The number of ketones is 1. The molecule has 0 aliphatic carbocycles. The summed E-state index contributed by atoms with van der Waals surface area (Å²) in [4.78, 5) is 26.5. The second-order valence-electron chi connectivity index (χ2n) is 3.78. The van der Waals surface area contributed by atoms with Gasteiger partial charge in [0.15, 0.2) is 5.78 Å². The van der Waals surface area contributed by atoms with Crippen LogP contribution in [0.15, 0.2) is 28.8 Å². The van der Waals surface area contributed by atoms with E-state index in [-0.39, 0.29) is 24.1 Å². The summed E-state index contributed by atoms with van der Waals surface area (Å²) in [5, 5.41) is 3.54. The van der Waals surface area contributed by atoms with Crippen molar-refractivity contribution in [3.05, 3.63) is 35.7 Å². The summed E-state index contributed by atoms with van der Waals surface area (Å²) in [5.74, 6) is -0.562. The predicted octanol–water partition coefficient (Wildman–Crippen LogP) is 2.12. The number of hydrogen-bond donors (Lipinski definition) is 0. The van der Waals surface area contributed by atoms with Crippen LogP contribution in [0.3, 0.4) is 0 Å². The van der Waals surface area contributed by atoms with Gasteiger partial charge in [0.25, 0.3) is 11.7 Å². The molecule has 0 atom stereocenters. The number of nitrogens with zero attached hydrogens (tertiary/aromatic N) is 2. The van der Waals surface area contributed by atoms with Gasteiger partial charge in [0.1, 0.15) is 0 Å². The molecular formula is C13H12N2O4. The number of Topliss-reactive ketones (excluding diaryl/α,β-unsaturated/α-hetero) is 1. The molecule has 0 aliphatic rings. The van der Waals surface area contributed by atoms with Crippen molar-refractivity contribution in [2.75, 3.05) is 6.61 Å². The summed E-state index contributed by atoms with van der Waals surface area (Å²) >= 11 is 0. The summed E-state index contributed by atoms with van der Waals surface area (Å²) in [6, 6.07) is 6.68. The Hall–Kier alpha value is -2.50. The Balaban J connectivity index is 2.23. The Morgan fingerprint density at radius 2 is 1.95 bits per heavy atom. The van der Waals surface area contributed by atoms with Gasteiger partial charge >= 0.3 is 5.97 Å². The largest absolute Gasteiger partial charge is 0.460 e. The summed E-state index contributed by atoms with van der Waals surface area (Å²) < 4.78 is 9.73. The van der Waals surface area contributed by atoms with E-state index in [0.717, 1.165) is 0 Å². The molecule has 0 saturated heterocycles. The summed E-state index contributed by atoms with van der Waals surface area (Å²) in [6.45, 7) is 3.43. The highest BCUT2D eigenvalue weighted by atomic mass is 16.5. The van der Waals surface area contributed by atoms with Crippen molar-refractivity contribution in [3.8, 4) is 11.5 Å². The lowest BCUT2D eigenvalue weighted by Gasteiger charge is -1.96. The minimum absolute atomic E-state index is 0.0238. The van der Waals surface area contributed by atoms with Gasteiger partial charge < -0.3 is 9.26 Å². The molecule has 1 heterocycles. The zero-order valence-corrected chi connectivity index (χ0v) is 10.5. The van der Waals surface area contributed by atoms with Gasteiger partial charge in [0, 0.05) is 11.1 Å². The molecule has 0 aliphatic heterocycles. The fourth-order valence-corrected chi connectivity index (χ4v) is 1.47. The molecule has 0 fully saturated rings. The molecule has 0 amide bonds. The first-order chi connectivity index (χ1) is 9.11. The standard InChI is InChI=1S/C13H12N2O4/c1-3-18-13(17)11-14-12(19-15-11)10-6-4-9(5-7-10)8(2)16/h4-7H,3H2,1-2H3. The Kier molecular flexibility index (Phi) is 3.70. The van der Waals surface area contributed by atoms with E-state index >= 15 is 0 Å². The number of benzene rings is 1. The van der Waals surface area contributed by atoms with Gasteiger partial charge in [-0.15, -0.1) is 0 Å². The SMILES string of the molecule is CCOC(=O)c1noc(-c2ccc(C(C)=O)cc2)n1. The van der Waals surface area contributed by atoms with Crippen molar-refractivity contribution in [1.82, 2.24) is 10.1 Å². The van der Waals surface area contributed by atoms with Crippen LogP contribution < -0.4 is 0 Å². The van der Waals surface area contributed by atoms with Crippen molar-refractivity contribution >= 4 is 11.8 Å². The molecule has 2 rings (SSSR count). The van der Waals surface area contributed by atoms with E-state index in [1.807, 2.05) is 0 Å². The Labute approximate surface area is 109 Å². The summed E-state index contributed by atoms with van der Waals surface area (Å²) in [6.07, 6.45) is 0. The number of hydrogen-bond acceptors (Lipinski definition) is 6. The van der Waals surface area contributed by atoms with Crippen LogP contribution in [0.2, 0.25) is 0 Å². The average molecular weight is 260 g/mol. The first-order valence-electron chi connectivity index (χ1n) is 5.74. The molecule has 2 aromatic rings. The zero-order chi connectivity index (χ0) is 13.8. The van der Waals surface area contributed by atoms with E-state index in [1.54, 1.807) is 31.2 Å². The molecule has 6 nitrogen and oxygen atoms in total. The minimum Gasteiger partial charge on any atom is -0.460 e. The first kappa shape index (κ1) is 12.9. The molecule has 1 aromatic carbocycles. The Morgan fingerprint density at radius 3 is 2.53 bits per heavy atom. The quantitative estimate of drug-likeness (QED) is 0.618. The highest BCUT2D eigenvalue weighted by Crippen LogP contribution is 2.18. The van der Waals surface area contributed by atoms with Crippen LogP contribution in [0, 0.1) is 0 Å². The van der Waals surface area contributed by atoms with Crippen molar-refractivity contribution in [3.63, 3.8) is 0 Å². The maximum absolute atomic E-state index is 11.4. The predicted molar refractivity (Wildman–Crippen MR) is 65.7 cm³/mol. The van der Waals surface area contributed by atoms with Gasteiger partial charge in [-0.3, -0.25) is 4.79 Å². The molecule has 0 bridgehead atoms. The van der Waals surface area contributed by atoms with Gasteiger partial charge in [-0.1, -0.05) is 12.1 Å². The normalized spacial score (nSPS) is 10.2. The first-order valence-corrected chi connectivity index (χ1v) is 5.74. The van der Waals surface area contributed by atoms with Crippen molar-refractivity contribution < 1.29 is 18.8 Å². The molecular weight excluding hydrogens is 248 g/mol. The second kappa shape index (κ2) is 5.43. The van der Waals surface area contributed by atoms with Gasteiger partial charge in [0.05, 0.1) is 6.61 Å². The average Bonchev–Trinajstić information content (AvgIpc) is 2.89. The zero-order valence-electron chi connectivity index (χ0n) is 10.5. The fraction of sp³-hybridized carbons (Fsp3) is 0.231. The van der Waals surface area contributed by atoms with Crippen LogP contribution in [-0.4, -0.2) is 28.5 Å². The third-order valence-electron chi connectivity index (χ3n) is 2.42. The highest BCUT2D eigenvalue weighted by molar-refractivity contribution is 5.94. The lowest BCUT2D eigenvalue weighted by Crippen LogP contribution is -2.06. The van der Waals surface area contributed by atoms with Gasteiger partial charge in [-0.05, 0) is 31.1 Å². The monoisotopic (exact) mass is 260 g/mol. The minimum atomic E-state index is -0.627. The third kappa shape index (κ3) is 2.85. The molecule has 0 N–H and O–H groups in total.